The Bertz CT molecular complexity index is 52.4. The Labute approximate surface area is 66.5 Å². The molecule has 0 N–H and O–H groups in total. The third-order valence-electron chi connectivity index (χ3n) is 0.451. The third kappa shape index (κ3) is 4.32. The molecule has 7 heteroatoms. The highest BCUT2D eigenvalue weighted by molar-refractivity contribution is 7.96. The van der Waals surface area contributed by atoms with Gasteiger partial charge in [0.15, 0.2) is 7.14 Å². The molecular formula is H4Cl4Si3. The number of hydrogen-bond donors (Lipinski definition) is 0. The Morgan fingerprint density at radius 3 is 1.43 bits per heavy atom. The first-order valence-electron chi connectivity index (χ1n) is 1.65. The zero-order chi connectivity index (χ0) is 6.08. The summed E-state index contributed by atoms with van der Waals surface area (Å²) in [6, 6.07) is 0. The summed E-state index contributed by atoms with van der Waals surface area (Å²) < 4.78 is 0. The van der Waals surface area contributed by atoms with Crippen LogP contribution in [0, 0.1) is 0 Å². The maximum Gasteiger partial charge on any atom is 0.334 e. The van der Waals surface area contributed by atoms with Crippen LogP contribution in [0.4, 0.5) is 0 Å². The van der Waals surface area contributed by atoms with Crippen molar-refractivity contribution >= 4 is 66.7 Å². The van der Waals surface area contributed by atoms with Gasteiger partial charge < -0.3 is 0 Å². The van der Waals surface area contributed by atoms with Gasteiger partial charge in [-0.3, -0.25) is 0 Å². The summed E-state index contributed by atoms with van der Waals surface area (Å²) in [5, 5.41) is 0. The van der Waals surface area contributed by atoms with E-state index in [2.05, 4.69) is 0 Å². The molecule has 0 bridgehead atoms. The minimum atomic E-state index is -2.35. The Balaban J connectivity index is 3.54. The quantitative estimate of drug-likeness (QED) is 0.455. The van der Waals surface area contributed by atoms with Crippen LogP contribution in [-0.4, -0.2) is 22.4 Å². The molecule has 0 saturated heterocycles. The minimum Gasteiger partial charge on any atom is -0.175 e. The predicted molar refractivity (Wildman–Crippen MR) is 46.3 cm³/mol. The normalized spacial score (nSPS) is 17.1. The fraction of sp³-hybridized carbons (Fsp3) is 0. The van der Waals surface area contributed by atoms with E-state index in [0.717, 1.165) is 9.76 Å². The number of rotatable bonds is 1. The standard InChI is InChI=1S/Cl4H4Si3/c1-6(5)7(2,3)4/h6H,5H3. The molecule has 0 rings (SSSR count). The molecule has 1 unspecified atom stereocenters. The fourth-order valence-electron chi connectivity index (χ4n) is 0. The van der Waals surface area contributed by atoms with Crippen LogP contribution in [0.25, 0.3) is 0 Å². The van der Waals surface area contributed by atoms with Crippen LogP contribution in [0.15, 0.2) is 0 Å². The molecule has 0 radical (unpaired) electrons. The van der Waals surface area contributed by atoms with E-state index in [1.165, 1.54) is 0 Å². The van der Waals surface area contributed by atoms with E-state index >= 15 is 0 Å². The lowest BCUT2D eigenvalue weighted by Crippen LogP contribution is -2.31. The van der Waals surface area contributed by atoms with Crippen molar-refractivity contribution in [1.82, 2.24) is 0 Å². The molecule has 0 nitrogen and oxygen atoms in total. The molecule has 0 heterocycles. The Kier molecular flexibility index (Phi) is 3.90. The maximum atomic E-state index is 5.62. The van der Waals surface area contributed by atoms with Crippen molar-refractivity contribution in [3.05, 3.63) is 0 Å². The van der Waals surface area contributed by atoms with Crippen molar-refractivity contribution in [3.8, 4) is 0 Å². The van der Waals surface area contributed by atoms with Crippen LogP contribution in [0.3, 0.4) is 0 Å². The van der Waals surface area contributed by atoms with Crippen molar-refractivity contribution in [2.45, 2.75) is 0 Å². The summed E-state index contributed by atoms with van der Waals surface area (Å²) >= 11 is 22.1. The largest absolute Gasteiger partial charge is 0.334 e. The lowest BCUT2D eigenvalue weighted by atomic mass is 26.5. The first-order chi connectivity index (χ1) is 2.94. The van der Waals surface area contributed by atoms with Crippen LogP contribution in [0.1, 0.15) is 0 Å². The van der Waals surface area contributed by atoms with E-state index in [-0.39, 0.29) is 0 Å². The second kappa shape index (κ2) is 3.10. The predicted octanol–water partition coefficient (Wildman–Crippen LogP) is 0.545. The van der Waals surface area contributed by atoms with Gasteiger partial charge in [0, 0.05) is 9.76 Å². The Morgan fingerprint density at radius 1 is 1.29 bits per heavy atom. The SMILES string of the molecule is [SiH3][SiH](Cl)[Si](Cl)(Cl)Cl. The van der Waals surface area contributed by atoms with E-state index in [1.807, 2.05) is 0 Å². The number of halogens is 4. The van der Waals surface area contributed by atoms with E-state index in [4.69, 9.17) is 44.3 Å². The number of hydrogen-bond acceptors (Lipinski definition) is 0. The fourth-order valence-corrected chi connectivity index (χ4v) is 0. The summed E-state index contributed by atoms with van der Waals surface area (Å²) in [6.07, 6.45) is 0. The van der Waals surface area contributed by atoms with Crippen molar-refractivity contribution in [1.29, 1.82) is 0 Å². The maximum absolute atomic E-state index is 5.62. The van der Waals surface area contributed by atoms with Gasteiger partial charge >= 0.3 is 5.52 Å². The van der Waals surface area contributed by atoms with Gasteiger partial charge in [0.1, 0.15) is 0 Å². The van der Waals surface area contributed by atoms with Gasteiger partial charge in [0.2, 0.25) is 0 Å². The van der Waals surface area contributed by atoms with Crippen LogP contribution >= 0.6 is 44.3 Å². The van der Waals surface area contributed by atoms with Gasteiger partial charge in [0.05, 0.1) is 0 Å². The van der Waals surface area contributed by atoms with Crippen molar-refractivity contribution < 1.29 is 0 Å². The molecule has 7 heavy (non-hydrogen) atoms. The summed E-state index contributed by atoms with van der Waals surface area (Å²) in [7, 11) is -0.414. The highest BCUT2D eigenvalue weighted by Gasteiger charge is 2.32. The molecule has 0 saturated carbocycles. The van der Waals surface area contributed by atoms with Gasteiger partial charge in [-0.1, -0.05) is 0 Å². The van der Waals surface area contributed by atoms with Crippen LogP contribution < -0.4 is 0 Å². The molecule has 0 aliphatic carbocycles. The first-order valence-corrected chi connectivity index (χ1v) is 14.9. The van der Waals surface area contributed by atoms with Gasteiger partial charge in [-0.25, -0.2) is 0 Å². The van der Waals surface area contributed by atoms with Crippen molar-refractivity contribution in [3.63, 3.8) is 0 Å². The third-order valence-corrected chi connectivity index (χ3v) is 36.5. The Morgan fingerprint density at radius 2 is 1.43 bits per heavy atom. The van der Waals surface area contributed by atoms with Crippen molar-refractivity contribution in [2.75, 3.05) is 0 Å². The average molecular weight is 230 g/mol. The molecule has 0 aliphatic rings. The summed E-state index contributed by atoms with van der Waals surface area (Å²) in [5.74, 6) is 0. The topological polar surface area (TPSA) is 0 Å². The van der Waals surface area contributed by atoms with E-state index in [9.17, 15) is 0 Å². The molecule has 0 amide bonds. The van der Waals surface area contributed by atoms with Crippen LogP contribution in [-0.2, 0) is 0 Å². The lowest BCUT2D eigenvalue weighted by Gasteiger charge is -2.05. The van der Waals surface area contributed by atoms with Crippen molar-refractivity contribution in [2.24, 2.45) is 0 Å². The minimum absolute atomic E-state index is 0.898. The van der Waals surface area contributed by atoms with Gasteiger partial charge in [-0.2, -0.15) is 11.1 Å². The summed E-state index contributed by atoms with van der Waals surface area (Å²) in [5.41, 5.74) is -2.35. The molecule has 1 atom stereocenters. The average Bonchev–Trinajstić information content (AvgIpc) is 1.31. The van der Waals surface area contributed by atoms with Crippen LogP contribution in [0.2, 0.25) is 0 Å². The second-order valence-electron chi connectivity index (χ2n) is 1.16. The first kappa shape index (κ1) is 8.81. The van der Waals surface area contributed by atoms with Crippen LogP contribution in [0.5, 0.6) is 0 Å². The molecule has 0 aromatic heterocycles. The summed E-state index contributed by atoms with van der Waals surface area (Å²) in [4.78, 5) is 0. The lowest BCUT2D eigenvalue weighted by molar-refractivity contribution is 3.61. The summed E-state index contributed by atoms with van der Waals surface area (Å²) in [6.45, 7) is 0. The second-order valence-corrected chi connectivity index (χ2v) is 31.3. The zero-order valence-electron chi connectivity index (χ0n) is 3.59. The molecule has 0 aromatic rings. The van der Waals surface area contributed by atoms with Gasteiger partial charge in [-0.15, -0.1) is 33.2 Å². The zero-order valence-corrected chi connectivity index (χ0v) is 10.8. The molecule has 44 valence electrons. The molecular weight excluding hydrogens is 226 g/mol. The van der Waals surface area contributed by atoms with Gasteiger partial charge in [-0.05, 0) is 0 Å². The van der Waals surface area contributed by atoms with E-state index < -0.39 is 12.7 Å². The molecule has 0 spiro atoms. The monoisotopic (exact) mass is 228 g/mol. The smallest absolute Gasteiger partial charge is 0.175 e. The highest BCUT2D eigenvalue weighted by Crippen LogP contribution is 2.22. The van der Waals surface area contributed by atoms with E-state index in [1.54, 1.807) is 0 Å². The van der Waals surface area contributed by atoms with E-state index in [0.29, 0.717) is 0 Å². The van der Waals surface area contributed by atoms with Gasteiger partial charge in [0.25, 0.3) is 0 Å². The Hall–Kier alpha value is 1.81. The molecule has 0 aromatic carbocycles. The molecule has 0 fully saturated rings. The highest BCUT2D eigenvalue weighted by atomic mass is 35.9. The molecule has 0 aliphatic heterocycles.